The number of carbonyl (C=O) groups is 2. The number of esters is 2. The van der Waals surface area contributed by atoms with E-state index in [1.165, 1.54) is 199 Å². The molecule has 322 valence electrons. The molecule has 0 heterocycles. The van der Waals surface area contributed by atoms with Crippen LogP contribution in [0.4, 0.5) is 0 Å². The molecule has 0 aromatic heterocycles. The number of ether oxygens (including phenoxy) is 2. The van der Waals surface area contributed by atoms with E-state index in [4.69, 9.17) is 9.47 Å². The van der Waals surface area contributed by atoms with Crippen LogP contribution in [0.25, 0.3) is 0 Å². The van der Waals surface area contributed by atoms with Gasteiger partial charge in [-0.05, 0) is 89.3 Å². The number of carbonyl (C=O) groups excluding carboxylic acids is 2. The standard InChI is InChI=1S/C49H97NO4/c1-7-12-24-35-46(36-25-13-8-2)43-48(51)53-41-30-22-18-16-20-28-33-45(39-32-40-50(6)11-5)34-29-21-17-19-23-31-42-54-49(52)44-47(37-26-14-9-3)38-27-15-10-4/h45-47H,7-44H2,1-6H3. The minimum absolute atomic E-state index is 0.0385. The summed E-state index contributed by atoms with van der Waals surface area (Å²) in [6, 6.07) is 0. The van der Waals surface area contributed by atoms with E-state index in [1.807, 2.05) is 0 Å². The summed E-state index contributed by atoms with van der Waals surface area (Å²) in [4.78, 5) is 27.5. The smallest absolute Gasteiger partial charge is 0.306 e. The molecule has 0 amide bonds. The van der Waals surface area contributed by atoms with Gasteiger partial charge in [0.1, 0.15) is 0 Å². The van der Waals surface area contributed by atoms with Crippen LogP contribution < -0.4 is 0 Å². The average molecular weight is 764 g/mol. The van der Waals surface area contributed by atoms with Crippen LogP contribution in [0.5, 0.6) is 0 Å². The first-order chi connectivity index (χ1) is 26.4. The van der Waals surface area contributed by atoms with Gasteiger partial charge in [0, 0.05) is 12.8 Å². The molecule has 0 aliphatic rings. The zero-order chi connectivity index (χ0) is 39.7. The summed E-state index contributed by atoms with van der Waals surface area (Å²) < 4.78 is 11.3. The first kappa shape index (κ1) is 52.9. The molecule has 0 unspecified atom stereocenters. The molecular formula is C49H97NO4. The van der Waals surface area contributed by atoms with E-state index in [9.17, 15) is 9.59 Å². The molecule has 0 aliphatic heterocycles. The van der Waals surface area contributed by atoms with Crippen molar-refractivity contribution in [3.05, 3.63) is 0 Å². The normalized spacial score (nSPS) is 11.8. The lowest BCUT2D eigenvalue weighted by Crippen LogP contribution is -2.19. The Morgan fingerprint density at radius 3 is 1.04 bits per heavy atom. The fraction of sp³-hybridized carbons (Fsp3) is 0.959. The van der Waals surface area contributed by atoms with E-state index < -0.39 is 0 Å². The fourth-order valence-corrected chi connectivity index (χ4v) is 8.12. The third-order valence-corrected chi connectivity index (χ3v) is 12.0. The molecule has 0 spiro atoms. The molecule has 54 heavy (non-hydrogen) atoms. The van der Waals surface area contributed by atoms with Gasteiger partial charge in [0.15, 0.2) is 0 Å². The zero-order valence-corrected chi connectivity index (χ0v) is 37.7. The average Bonchev–Trinajstić information content (AvgIpc) is 3.16. The predicted molar refractivity (Wildman–Crippen MR) is 235 cm³/mol. The van der Waals surface area contributed by atoms with E-state index in [0.29, 0.717) is 37.9 Å². The van der Waals surface area contributed by atoms with E-state index in [-0.39, 0.29) is 11.9 Å². The maximum absolute atomic E-state index is 12.5. The number of unbranched alkanes of at least 4 members (excludes halogenated alkanes) is 18. The van der Waals surface area contributed by atoms with Crippen LogP contribution in [0.2, 0.25) is 0 Å². The third kappa shape index (κ3) is 36.5. The molecule has 0 aromatic carbocycles. The van der Waals surface area contributed by atoms with Crippen molar-refractivity contribution in [1.29, 1.82) is 0 Å². The largest absolute Gasteiger partial charge is 0.466 e. The Morgan fingerprint density at radius 2 is 0.685 bits per heavy atom. The third-order valence-electron chi connectivity index (χ3n) is 12.0. The first-order valence-corrected chi connectivity index (χ1v) is 24.4. The van der Waals surface area contributed by atoms with Crippen LogP contribution in [0, 0.1) is 17.8 Å². The summed E-state index contributed by atoms with van der Waals surface area (Å²) in [5.41, 5.74) is 0. The van der Waals surface area contributed by atoms with Crippen LogP contribution in [0.15, 0.2) is 0 Å². The SMILES string of the molecule is CCCCCC(CCCCC)CC(=O)OCCCCCCCCC(CCCCCCCCOC(=O)CC(CCCCC)CCCCC)CCCN(C)CC. The molecule has 5 nitrogen and oxygen atoms in total. The Bertz CT molecular complexity index is 712. The molecule has 0 atom stereocenters. The topological polar surface area (TPSA) is 55.8 Å². The van der Waals surface area contributed by atoms with Crippen molar-refractivity contribution >= 4 is 11.9 Å². The van der Waals surface area contributed by atoms with Crippen molar-refractivity contribution in [3.8, 4) is 0 Å². The Hall–Kier alpha value is -1.10. The maximum Gasteiger partial charge on any atom is 0.306 e. The maximum atomic E-state index is 12.5. The van der Waals surface area contributed by atoms with Gasteiger partial charge >= 0.3 is 11.9 Å². The Balaban J connectivity index is 4.16. The van der Waals surface area contributed by atoms with Crippen LogP contribution in [0.3, 0.4) is 0 Å². The summed E-state index contributed by atoms with van der Waals surface area (Å²) in [5, 5.41) is 0. The van der Waals surface area contributed by atoms with Crippen LogP contribution in [-0.2, 0) is 19.1 Å². The van der Waals surface area contributed by atoms with E-state index in [0.717, 1.165) is 25.3 Å². The summed E-state index contributed by atoms with van der Waals surface area (Å²) >= 11 is 0. The molecule has 0 radical (unpaired) electrons. The van der Waals surface area contributed by atoms with Gasteiger partial charge in [-0.25, -0.2) is 0 Å². The summed E-state index contributed by atoms with van der Waals surface area (Å²) in [6.07, 6.45) is 41.4. The lowest BCUT2D eigenvalue weighted by molar-refractivity contribution is -0.146. The van der Waals surface area contributed by atoms with Crippen molar-refractivity contribution in [2.45, 2.75) is 253 Å². The molecule has 0 rings (SSSR count). The monoisotopic (exact) mass is 764 g/mol. The van der Waals surface area contributed by atoms with Crippen molar-refractivity contribution in [2.24, 2.45) is 17.8 Å². The number of nitrogens with zero attached hydrogens (tertiary/aromatic N) is 1. The quantitative estimate of drug-likeness (QED) is 0.0457. The highest BCUT2D eigenvalue weighted by Crippen LogP contribution is 2.25. The minimum Gasteiger partial charge on any atom is -0.466 e. The highest BCUT2D eigenvalue weighted by Gasteiger charge is 2.16. The van der Waals surface area contributed by atoms with Crippen molar-refractivity contribution in [1.82, 2.24) is 4.90 Å². The van der Waals surface area contributed by atoms with Crippen LogP contribution >= 0.6 is 0 Å². The lowest BCUT2D eigenvalue weighted by atomic mass is 9.90. The van der Waals surface area contributed by atoms with E-state index in [2.05, 4.69) is 46.6 Å². The molecule has 0 bridgehead atoms. The number of hydrogen-bond acceptors (Lipinski definition) is 5. The van der Waals surface area contributed by atoms with E-state index in [1.54, 1.807) is 0 Å². The van der Waals surface area contributed by atoms with Gasteiger partial charge in [-0.3, -0.25) is 9.59 Å². The molecule has 0 saturated heterocycles. The van der Waals surface area contributed by atoms with Gasteiger partial charge in [0.05, 0.1) is 13.2 Å². The van der Waals surface area contributed by atoms with Gasteiger partial charge < -0.3 is 14.4 Å². The van der Waals surface area contributed by atoms with Crippen LogP contribution in [0.1, 0.15) is 253 Å². The molecule has 0 fully saturated rings. The second kappa shape index (κ2) is 41.5. The number of hydrogen-bond donors (Lipinski definition) is 0. The second-order valence-corrected chi connectivity index (χ2v) is 17.3. The molecular weight excluding hydrogens is 667 g/mol. The summed E-state index contributed by atoms with van der Waals surface area (Å²) in [7, 11) is 2.25. The van der Waals surface area contributed by atoms with Gasteiger partial charge in [-0.1, -0.05) is 189 Å². The molecule has 0 saturated carbocycles. The van der Waals surface area contributed by atoms with Gasteiger partial charge in [0.2, 0.25) is 0 Å². The van der Waals surface area contributed by atoms with Crippen molar-refractivity contribution in [3.63, 3.8) is 0 Å². The second-order valence-electron chi connectivity index (χ2n) is 17.3. The van der Waals surface area contributed by atoms with Gasteiger partial charge in [-0.2, -0.15) is 0 Å². The Kier molecular flexibility index (Phi) is 40.7. The van der Waals surface area contributed by atoms with Gasteiger partial charge in [0.25, 0.3) is 0 Å². The Morgan fingerprint density at radius 1 is 0.389 bits per heavy atom. The first-order valence-electron chi connectivity index (χ1n) is 24.4. The summed E-state index contributed by atoms with van der Waals surface area (Å²) in [6.45, 7) is 14.8. The highest BCUT2D eigenvalue weighted by atomic mass is 16.5. The number of rotatable bonds is 43. The highest BCUT2D eigenvalue weighted by molar-refractivity contribution is 5.70. The van der Waals surface area contributed by atoms with Crippen molar-refractivity contribution < 1.29 is 19.1 Å². The van der Waals surface area contributed by atoms with Crippen molar-refractivity contribution in [2.75, 3.05) is 33.4 Å². The fourth-order valence-electron chi connectivity index (χ4n) is 8.12. The lowest BCUT2D eigenvalue weighted by Gasteiger charge is -2.19. The molecule has 0 aromatic rings. The minimum atomic E-state index is 0.0385. The Labute approximate surface area is 339 Å². The molecule has 5 heteroatoms. The van der Waals surface area contributed by atoms with E-state index >= 15 is 0 Å². The molecule has 0 aliphatic carbocycles. The zero-order valence-electron chi connectivity index (χ0n) is 37.7. The predicted octanol–water partition coefficient (Wildman–Crippen LogP) is 15.2. The molecule has 0 N–H and O–H groups in total. The van der Waals surface area contributed by atoms with Gasteiger partial charge in [-0.15, -0.1) is 0 Å². The summed E-state index contributed by atoms with van der Waals surface area (Å²) in [5.74, 6) is 1.98. The van der Waals surface area contributed by atoms with Crippen LogP contribution in [-0.4, -0.2) is 50.2 Å².